The number of amides is 4. The van der Waals surface area contributed by atoms with Crippen molar-refractivity contribution in [2.45, 2.75) is 69.2 Å². The number of piperidine rings is 2. The average Bonchev–Trinajstić information content (AvgIpc) is 4.13. The molecule has 3 saturated heterocycles. The molecule has 10 rings (SSSR count). The predicted molar refractivity (Wildman–Crippen MR) is 241 cm³/mol. The number of piperazine rings is 1. The monoisotopic (exact) mass is 885 g/mol. The molecule has 0 bridgehead atoms. The number of halogens is 1. The number of anilines is 4. The van der Waals surface area contributed by atoms with E-state index in [-0.39, 0.29) is 30.0 Å². The van der Waals surface area contributed by atoms with E-state index in [9.17, 15) is 24.3 Å². The molecule has 2 atom stereocenters. The fourth-order valence-corrected chi connectivity index (χ4v) is 9.92. The number of hydrogen-bond acceptors (Lipinski definition) is 12. The largest absolute Gasteiger partial charge is 0.389 e. The van der Waals surface area contributed by atoms with E-state index < -0.39 is 23.5 Å². The summed E-state index contributed by atoms with van der Waals surface area (Å²) < 4.78 is 19.4. The van der Waals surface area contributed by atoms with Crippen LogP contribution in [0, 0.1) is 5.82 Å². The number of nitrogens with zero attached hydrogens (tertiary/aromatic N) is 8. The van der Waals surface area contributed by atoms with Gasteiger partial charge in [-0.3, -0.25) is 34.5 Å². The number of aromatic nitrogens is 5. The SMILES string of the molecule is O=C1CCC(Nc2ccc(N3CCC(O)(CC(=O)N4CCN(c5ccc(-c6cc(F)c7cn(C(C(=O)Nc8nccs8)c8ncn9c8CCC9)nc7c6)cc5)CC4)CC3)cc2)C(=O)N1. The highest BCUT2D eigenvalue weighted by Gasteiger charge is 2.37. The van der Waals surface area contributed by atoms with Crippen LogP contribution in [0.5, 0.6) is 0 Å². The smallest absolute Gasteiger partial charge is 0.257 e. The van der Waals surface area contributed by atoms with Crippen molar-refractivity contribution >= 4 is 68.1 Å². The molecule has 0 spiro atoms. The fraction of sp³-hybridized carbons (Fsp3) is 0.370. The first-order chi connectivity index (χ1) is 31.1. The van der Waals surface area contributed by atoms with Crippen LogP contribution in [0.25, 0.3) is 22.0 Å². The Balaban J connectivity index is 0.738. The molecular formula is C46H48FN11O5S. The van der Waals surface area contributed by atoms with Crippen molar-refractivity contribution in [3.05, 3.63) is 102 Å². The van der Waals surface area contributed by atoms with E-state index >= 15 is 4.39 Å². The lowest BCUT2D eigenvalue weighted by Crippen LogP contribution is -2.52. The minimum atomic E-state index is -1.08. The Hall–Kier alpha value is -6.66. The first kappa shape index (κ1) is 41.4. The zero-order valence-electron chi connectivity index (χ0n) is 35.1. The summed E-state index contributed by atoms with van der Waals surface area (Å²) in [5.74, 6) is -1.40. The molecule has 4 aliphatic rings. The predicted octanol–water partition coefficient (Wildman–Crippen LogP) is 4.96. The van der Waals surface area contributed by atoms with Gasteiger partial charge in [-0.05, 0) is 91.8 Å². The molecule has 7 heterocycles. The van der Waals surface area contributed by atoms with Gasteiger partial charge < -0.3 is 29.7 Å². The zero-order valence-corrected chi connectivity index (χ0v) is 35.9. The Bertz CT molecular complexity index is 2700. The minimum Gasteiger partial charge on any atom is -0.389 e. The first-order valence-electron chi connectivity index (χ1n) is 21.8. The van der Waals surface area contributed by atoms with Crippen molar-refractivity contribution in [3.63, 3.8) is 0 Å². The summed E-state index contributed by atoms with van der Waals surface area (Å²) in [6, 6.07) is 17.7. The summed E-state index contributed by atoms with van der Waals surface area (Å²) in [5, 5.41) is 27.2. The number of thiazole rings is 1. The number of benzene rings is 3. The lowest BCUT2D eigenvalue weighted by atomic mass is 9.87. The van der Waals surface area contributed by atoms with Crippen LogP contribution in [0.2, 0.25) is 0 Å². The second-order valence-corrected chi connectivity index (χ2v) is 18.0. The molecule has 6 aromatic rings. The number of carbonyl (C=O) groups excluding carboxylic acids is 4. The van der Waals surface area contributed by atoms with Crippen LogP contribution in [-0.4, -0.2) is 109 Å². The maximum Gasteiger partial charge on any atom is 0.257 e. The standard InChI is InChI=1S/C46H48FN11O5S/c47-35-24-30(25-37-34(35)27-58(53-37)42(44(62)52-45-48-15-23-64-45)41-38-2-1-16-57(38)28-49-41)29-3-7-32(8-4-29)55-19-21-56(22-20-55)40(60)26-46(63)13-17-54(18-14-46)33-9-5-31(6-10-33)50-36-11-12-39(59)51-43(36)61/h3-10,15,23-25,27-28,36,42,50,63H,1-2,11-14,16-22,26H2,(H,48,52,62)(H,51,59,61). The van der Waals surface area contributed by atoms with Crippen molar-refractivity contribution in [3.8, 4) is 11.1 Å². The maximum atomic E-state index is 15.8. The number of aliphatic hydroxyl groups is 1. The quantitative estimate of drug-likeness (QED) is 0.129. The zero-order chi connectivity index (χ0) is 44.0. The number of hydrogen-bond donors (Lipinski definition) is 4. The van der Waals surface area contributed by atoms with Crippen molar-refractivity contribution in [2.75, 3.05) is 59.7 Å². The molecule has 3 aromatic carbocycles. The van der Waals surface area contributed by atoms with Gasteiger partial charge in [-0.25, -0.2) is 14.4 Å². The highest BCUT2D eigenvalue weighted by molar-refractivity contribution is 7.13. The molecule has 0 radical (unpaired) electrons. The van der Waals surface area contributed by atoms with Gasteiger partial charge in [0.1, 0.15) is 11.9 Å². The highest BCUT2D eigenvalue weighted by Crippen LogP contribution is 2.34. The Morgan fingerprint density at radius 3 is 2.36 bits per heavy atom. The van der Waals surface area contributed by atoms with Crippen LogP contribution in [0.1, 0.15) is 56.0 Å². The third-order valence-electron chi connectivity index (χ3n) is 13.0. The van der Waals surface area contributed by atoms with Crippen LogP contribution in [-0.2, 0) is 32.1 Å². The molecule has 330 valence electrons. The van der Waals surface area contributed by atoms with Crippen molar-refractivity contribution < 1.29 is 28.7 Å². The first-order valence-corrected chi connectivity index (χ1v) is 22.7. The number of nitrogens with one attached hydrogen (secondary N) is 3. The Morgan fingerprint density at radius 2 is 1.64 bits per heavy atom. The number of imidazole rings is 1. The second-order valence-electron chi connectivity index (χ2n) is 17.1. The van der Waals surface area contributed by atoms with Crippen LogP contribution < -0.4 is 25.8 Å². The second kappa shape index (κ2) is 17.1. The van der Waals surface area contributed by atoms with Gasteiger partial charge in [0.2, 0.25) is 17.7 Å². The van der Waals surface area contributed by atoms with E-state index in [2.05, 4.69) is 40.3 Å². The molecule has 0 saturated carbocycles. The van der Waals surface area contributed by atoms with Gasteiger partial charge in [0.15, 0.2) is 11.2 Å². The summed E-state index contributed by atoms with van der Waals surface area (Å²) in [6.07, 6.45) is 8.48. The topological polar surface area (TPSA) is 183 Å². The van der Waals surface area contributed by atoms with E-state index in [1.54, 1.807) is 24.1 Å². The average molecular weight is 886 g/mol. The molecule has 64 heavy (non-hydrogen) atoms. The van der Waals surface area contributed by atoms with Crippen LogP contribution in [0.15, 0.2) is 84.8 Å². The molecule has 16 nitrogen and oxygen atoms in total. The third-order valence-corrected chi connectivity index (χ3v) is 13.7. The highest BCUT2D eigenvalue weighted by atomic mass is 32.1. The normalized spacial score (nSPS) is 19.1. The van der Waals surface area contributed by atoms with Crippen molar-refractivity contribution in [1.29, 1.82) is 0 Å². The summed E-state index contributed by atoms with van der Waals surface area (Å²) in [7, 11) is 0. The van der Waals surface area contributed by atoms with Gasteiger partial charge in [0, 0.05) is 92.8 Å². The van der Waals surface area contributed by atoms with Gasteiger partial charge in [-0.1, -0.05) is 12.1 Å². The molecule has 4 aliphatic heterocycles. The van der Waals surface area contributed by atoms with Crippen LogP contribution in [0.4, 0.5) is 26.6 Å². The van der Waals surface area contributed by atoms with E-state index in [4.69, 9.17) is 5.10 Å². The Labute approximate surface area is 372 Å². The van der Waals surface area contributed by atoms with Crippen molar-refractivity contribution in [2.24, 2.45) is 0 Å². The lowest BCUT2D eigenvalue weighted by Gasteiger charge is -2.41. The summed E-state index contributed by atoms with van der Waals surface area (Å²) in [6.45, 7) is 4.41. The molecule has 0 aliphatic carbocycles. The molecule has 3 aromatic heterocycles. The minimum absolute atomic E-state index is 0.0463. The maximum absolute atomic E-state index is 15.8. The fourth-order valence-electron chi connectivity index (χ4n) is 9.39. The molecular weight excluding hydrogens is 838 g/mol. The molecule has 4 amide bonds. The molecule has 4 N–H and O–H groups in total. The molecule has 3 fully saturated rings. The van der Waals surface area contributed by atoms with E-state index in [0.717, 1.165) is 47.7 Å². The van der Waals surface area contributed by atoms with Gasteiger partial charge in [0.05, 0.1) is 34.9 Å². The Kier molecular flexibility index (Phi) is 11.1. The third kappa shape index (κ3) is 8.42. The molecule has 18 heteroatoms. The lowest BCUT2D eigenvalue weighted by molar-refractivity contribution is -0.138. The van der Waals surface area contributed by atoms with Crippen LogP contribution in [0.3, 0.4) is 0 Å². The van der Waals surface area contributed by atoms with Gasteiger partial charge in [0.25, 0.3) is 5.91 Å². The number of fused-ring (bicyclic) bond motifs is 2. The van der Waals surface area contributed by atoms with E-state index in [1.165, 1.54) is 22.1 Å². The number of rotatable bonds is 11. The van der Waals surface area contributed by atoms with E-state index in [1.807, 2.05) is 59.5 Å². The van der Waals surface area contributed by atoms with Gasteiger partial charge >= 0.3 is 0 Å². The van der Waals surface area contributed by atoms with E-state index in [0.29, 0.717) is 92.2 Å². The molecule has 2 unspecified atom stereocenters. The summed E-state index contributed by atoms with van der Waals surface area (Å²) in [5.41, 5.74) is 5.18. The summed E-state index contributed by atoms with van der Waals surface area (Å²) in [4.78, 5) is 66.0. The van der Waals surface area contributed by atoms with Gasteiger partial charge in [-0.2, -0.15) is 5.10 Å². The summed E-state index contributed by atoms with van der Waals surface area (Å²) >= 11 is 1.31. The van der Waals surface area contributed by atoms with Gasteiger partial charge in [-0.15, -0.1) is 11.3 Å². The number of carbonyl (C=O) groups is 4. The number of aryl methyl sites for hydroxylation is 1. The number of imide groups is 1. The van der Waals surface area contributed by atoms with Crippen molar-refractivity contribution in [1.82, 2.24) is 34.5 Å². The van der Waals surface area contributed by atoms with Crippen LogP contribution >= 0.6 is 11.3 Å². The Morgan fingerprint density at radius 1 is 0.906 bits per heavy atom.